The lowest BCUT2D eigenvalue weighted by Gasteiger charge is -2.34. The van der Waals surface area contributed by atoms with Crippen molar-refractivity contribution in [2.24, 2.45) is 0 Å². The van der Waals surface area contributed by atoms with Gasteiger partial charge in [-0.25, -0.2) is 0 Å². The van der Waals surface area contributed by atoms with Crippen LogP contribution in [0, 0.1) is 0 Å². The number of halogens is 1. The average molecular weight is 435 g/mol. The average Bonchev–Trinajstić information content (AvgIpc) is 3.26. The Hall–Kier alpha value is -1.86. The number of amides is 1. The summed E-state index contributed by atoms with van der Waals surface area (Å²) in [6, 6.07) is 7.33. The summed E-state index contributed by atoms with van der Waals surface area (Å²) in [7, 11) is 0. The van der Waals surface area contributed by atoms with Crippen molar-refractivity contribution in [2.45, 2.75) is 44.4 Å². The van der Waals surface area contributed by atoms with E-state index in [1.54, 1.807) is 17.4 Å². The summed E-state index contributed by atoms with van der Waals surface area (Å²) in [6.45, 7) is 3.36. The van der Waals surface area contributed by atoms with Crippen molar-refractivity contribution in [3.63, 3.8) is 0 Å². The Morgan fingerprint density at radius 3 is 2.62 bits per heavy atom. The molecule has 29 heavy (non-hydrogen) atoms. The van der Waals surface area contributed by atoms with Gasteiger partial charge in [-0.05, 0) is 25.0 Å². The number of benzene rings is 1. The van der Waals surface area contributed by atoms with Crippen molar-refractivity contribution in [3.8, 4) is 5.75 Å². The van der Waals surface area contributed by atoms with Gasteiger partial charge in [0.1, 0.15) is 10.8 Å². The van der Waals surface area contributed by atoms with E-state index in [0.717, 1.165) is 18.2 Å². The molecule has 1 aromatic carbocycles. The first-order chi connectivity index (χ1) is 14.2. The van der Waals surface area contributed by atoms with Crippen LogP contribution >= 0.6 is 22.9 Å². The van der Waals surface area contributed by atoms with E-state index >= 15 is 0 Å². The first-order valence-corrected chi connectivity index (χ1v) is 11.6. The van der Waals surface area contributed by atoms with Gasteiger partial charge in [0.15, 0.2) is 0 Å². The molecule has 2 aromatic rings. The highest BCUT2D eigenvalue weighted by atomic mass is 35.5. The number of hydrogen-bond donors (Lipinski definition) is 0. The Kier molecular flexibility index (Phi) is 6.87. The van der Waals surface area contributed by atoms with Gasteiger partial charge in [-0.1, -0.05) is 54.3 Å². The van der Waals surface area contributed by atoms with E-state index in [4.69, 9.17) is 16.3 Å². The summed E-state index contributed by atoms with van der Waals surface area (Å²) >= 11 is 7.81. The fourth-order valence-electron chi connectivity index (χ4n) is 3.98. The van der Waals surface area contributed by atoms with Gasteiger partial charge in [-0.2, -0.15) is 0 Å². The van der Waals surface area contributed by atoms with Crippen molar-refractivity contribution >= 4 is 34.0 Å². The second-order valence-electron chi connectivity index (χ2n) is 7.65. The molecular formula is C21H27ClN4O2S. The molecule has 156 valence electrons. The molecule has 0 bridgehead atoms. The first kappa shape index (κ1) is 20.4. The van der Waals surface area contributed by atoms with Crippen molar-refractivity contribution < 1.29 is 9.53 Å². The highest BCUT2D eigenvalue weighted by Gasteiger charge is 2.25. The highest BCUT2D eigenvalue weighted by Crippen LogP contribution is 2.36. The Labute approximate surface area is 180 Å². The molecule has 2 fully saturated rings. The van der Waals surface area contributed by atoms with Gasteiger partial charge in [0, 0.05) is 32.1 Å². The number of piperazine rings is 1. The molecule has 6 nitrogen and oxygen atoms in total. The normalized spacial score (nSPS) is 18.1. The van der Waals surface area contributed by atoms with Gasteiger partial charge in [0.05, 0.1) is 18.1 Å². The minimum atomic E-state index is 0.122. The van der Waals surface area contributed by atoms with Crippen molar-refractivity contribution in [2.75, 3.05) is 37.7 Å². The van der Waals surface area contributed by atoms with E-state index in [-0.39, 0.29) is 5.91 Å². The van der Waals surface area contributed by atoms with E-state index in [9.17, 15) is 4.79 Å². The zero-order valence-corrected chi connectivity index (χ0v) is 18.1. The third-order valence-corrected chi connectivity index (χ3v) is 7.16. The van der Waals surface area contributed by atoms with Crippen molar-refractivity contribution in [3.05, 3.63) is 34.3 Å². The molecule has 0 N–H and O–H groups in total. The molecule has 0 unspecified atom stereocenters. The molecule has 1 saturated heterocycles. The summed E-state index contributed by atoms with van der Waals surface area (Å²) in [5.41, 5.74) is 0. The fraction of sp³-hybridized carbons (Fsp3) is 0.571. The van der Waals surface area contributed by atoms with Crippen LogP contribution in [0.25, 0.3) is 0 Å². The van der Waals surface area contributed by atoms with Crippen molar-refractivity contribution in [1.29, 1.82) is 0 Å². The number of nitrogens with zero attached hydrogens (tertiary/aromatic N) is 4. The molecule has 4 rings (SSSR count). The van der Waals surface area contributed by atoms with Gasteiger partial charge >= 0.3 is 0 Å². The second kappa shape index (κ2) is 9.76. The molecule has 2 heterocycles. The van der Waals surface area contributed by atoms with Gasteiger partial charge in [0.2, 0.25) is 11.0 Å². The monoisotopic (exact) mass is 434 g/mol. The van der Waals surface area contributed by atoms with Crippen LogP contribution in [0.1, 0.15) is 49.5 Å². The van der Waals surface area contributed by atoms with Gasteiger partial charge in [-0.15, -0.1) is 10.2 Å². The number of anilines is 1. The summed E-state index contributed by atoms with van der Waals surface area (Å²) in [4.78, 5) is 16.7. The number of carbonyl (C=O) groups is 1. The molecule has 2 aliphatic rings. The molecule has 1 aliphatic carbocycles. The number of carbonyl (C=O) groups excluding carboxylic acids is 1. The van der Waals surface area contributed by atoms with Crippen LogP contribution in [-0.4, -0.2) is 53.8 Å². The molecule has 0 spiro atoms. The highest BCUT2D eigenvalue weighted by molar-refractivity contribution is 7.15. The first-order valence-electron chi connectivity index (χ1n) is 10.4. The molecule has 0 radical (unpaired) electrons. The number of rotatable bonds is 6. The topological polar surface area (TPSA) is 58.6 Å². The van der Waals surface area contributed by atoms with E-state index in [1.807, 2.05) is 23.1 Å². The summed E-state index contributed by atoms with van der Waals surface area (Å²) in [5, 5.41) is 11.7. The quantitative estimate of drug-likeness (QED) is 0.676. The lowest BCUT2D eigenvalue weighted by molar-refractivity contribution is -0.132. The maximum Gasteiger partial charge on any atom is 0.226 e. The predicted octanol–water partition coefficient (Wildman–Crippen LogP) is 4.36. The number of ether oxygens (including phenoxy) is 1. The Balaban J connectivity index is 1.22. The van der Waals surface area contributed by atoms with Gasteiger partial charge < -0.3 is 14.5 Å². The van der Waals surface area contributed by atoms with E-state index in [2.05, 4.69) is 15.1 Å². The van der Waals surface area contributed by atoms with Crippen LogP contribution in [0.4, 0.5) is 5.13 Å². The standard InChI is InChI=1S/C21H27ClN4O2S/c22-17-8-4-5-9-18(17)28-15-10-19(27)25-11-13-26(14-12-25)21-24-23-20(29-21)16-6-2-1-3-7-16/h4-5,8-9,16H,1-3,6-7,10-15H2. The molecule has 1 saturated carbocycles. The summed E-state index contributed by atoms with van der Waals surface area (Å²) < 4.78 is 5.64. The smallest absolute Gasteiger partial charge is 0.226 e. The van der Waals surface area contributed by atoms with Crippen LogP contribution < -0.4 is 9.64 Å². The molecule has 1 aromatic heterocycles. The minimum Gasteiger partial charge on any atom is -0.491 e. The van der Waals surface area contributed by atoms with Crippen LogP contribution in [0.3, 0.4) is 0 Å². The maximum atomic E-state index is 12.5. The fourth-order valence-corrected chi connectivity index (χ4v) is 5.24. The predicted molar refractivity (Wildman–Crippen MR) is 116 cm³/mol. The molecule has 8 heteroatoms. The number of para-hydroxylation sites is 1. The zero-order valence-electron chi connectivity index (χ0n) is 16.6. The zero-order chi connectivity index (χ0) is 20.1. The Morgan fingerprint density at radius 1 is 1.10 bits per heavy atom. The largest absolute Gasteiger partial charge is 0.491 e. The molecule has 0 atom stereocenters. The van der Waals surface area contributed by atoms with Crippen LogP contribution in [0.15, 0.2) is 24.3 Å². The summed E-state index contributed by atoms with van der Waals surface area (Å²) in [6.07, 6.45) is 6.80. The lowest BCUT2D eigenvalue weighted by atomic mass is 9.90. The molecular weight excluding hydrogens is 408 g/mol. The van der Waals surface area contributed by atoms with Gasteiger partial charge in [-0.3, -0.25) is 4.79 Å². The summed E-state index contributed by atoms with van der Waals surface area (Å²) in [5.74, 6) is 1.34. The van der Waals surface area contributed by atoms with Gasteiger partial charge in [0.25, 0.3) is 0 Å². The SMILES string of the molecule is O=C(CCOc1ccccc1Cl)N1CCN(c2nnc(C3CCCCC3)s2)CC1. The lowest BCUT2D eigenvalue weighted by Crippen LogP contribution is -2.49. The van der Waals surface area contributed by atoms with Crippen molar-refractivity contribution in [1.82, 2.24) is 15.1 Å². The number of hydrogen-bond acceptors (Lipinski definition) is 6. The third kappa shape index (κ3) is 5.20. The van der Waals surface area contributed by atoms with E-state index in [0.29, 0.717) is 42.8 Å². The van der Waals surface area contributed by atoms with Crippen LogP contribution in [0.2, 0.25) is 5.02 Å². The van der Waals surface area contributed by atoms with Crippen LogP contribution in [-0.2, 0) is 4.79 Å². The van der Waals surface area contributed by atoms with E-state index in [1.165, 1.54) is 37.1 Å². The third-order valence-electron chi connectivity index (χ3n) is 5.70. The maximum absolute atomic E-state index is 12.5. The second-order valence-corrected chi connectivity index (χ2v) is 9.05. The Bertz CT molecular complexity index is 817. The Morgan fingerprint density at radius 2 is 1.86 bits per heavy atom. The van der Waals surface area contributed by atoms with E-state index < -0.39 is 0 Å². The minimum absolute atomic E-state index is 0.122. The molecule has 1 amide bonds. The number of aromatic nitrogens is 2. The molecule has 1 aliphatic heterocycles. The van der Waals surface area contributed by atoms with Crippen LogP contribution in [0.5, 0.6) is 5.75 Å².